The topological polar surface area (TPSA) is 36.4 Å². The van der Waals surface area contributed by atoms with Crippen molar-refractivity contribution in [2.45, 2.75) is 20.3 Å². The van der Waals surface area contributed by atoms with Crippen LogP contribution in [0.25, 0.3) is 0 Å². The van der Waals surface area contributed by atoms with E-state index in [-0.39, 0.29) is 24.0 Å². The van der Waals surface area contributed by atoms with Crippen LogP contribution in [0.3, 0.4) is 0 Å². The fourth-order valence-corrected chi connectivity index (χ4v) is 2.79. The molecule has 0 fully saturated rings. The maximum Gasteiger partial charge on any atom is 0.190 e. The van der Waals surface area contributed by atoms with Crippen molar-refractivity contribution in [3.63, 3.8) is 0 Å². The summed E-state index contributed by atoms with van der Waals surface area (Å²) in [6, 6.07) is 4.24. The van der Waals surface area contributed by atoms with E-state index in [1.807, 2.05) is 0 Å². The summed E-state index contributed by atoms with van der Waals surface area (Å²) in [6.07, 6.45) is 1.03. The Morgan fingerprint density at radius 2 is 2.11 bits per heavy atom. The van der Waals surface area contributed by atoms with Gasteiger partial charge in [0, 0.05) is 25.0 Å². The number of hydrogen-bond acceptors (Lipinski definition) is 2. The number of nitrogens with one attached hydrogen (secondary N) is 2. The molecule has 6 heteroatoms. The predicted octanol–water partition coefficient (Wildman–Crippen LogP) is 3.49. The van der Waals surface area contributed by atoms with Crippen molar-refractivity contribution in [1.82, 2.24) is 10.6 Å². The summed E-state index contributed by atoms with van der Waals surface area (Å²) in [5, 5.41) is 6.61. The highest BCUT2D eigenvalue weighted by molar-refractivity contribution is 14.0. The minimum absolute atomic E-state index is 0. The van der Waals surface area contributed by atoms with Gasteiger partial charge in [-0.1, -0.05) is 13.8 Å². The fraction of sp³-hybridized carbons (Fsp3) is 0.583. The molecule has 0 saturated heterocycles. The molecule has 0 spiro atoms. The molecule has 1 rings (SSSR count). The van der Waals surface area contributed by atoms with Crippen molar-refractivity contribution in [2.24, 2.45) is 10.9 Å². The molecule has 0 unspecified atom stereocenters. The summed E-state index contributed by atoms with van der Waals surface area (Å²) < 4.78 is 1.19. The number of thiophene rings is 1. The van der Waals surface area contributed by atoms with E-state index in [4.69, 9.17) is 0 Å². The van der Waals surface area contributed by atoms with Crippen molar-refractivity contribution >= 4 is 57.2 Å². The van der Waals surface area contributed by atoms with Crippen LogP contribution in [0.2, 0.25) is 0 Å². The number of aliphatic imine (C=N–C) groups is 1. The lowest BCUT2D eigenvalue weighted by molar-refractivity contribution is 0.615. The van der Waals surface area contributed by atoms with Crippen molar-refractivity contribution in [2.75, 3.05) is 20.1 Å². The van der Waals surface area contributed by atoms with E-state index in [1.165, 1.54) is 8.66 Å². The van der Waals surface area contributed by atoms with Gasteiger partial charge in [-0.2, -0.15) is 0 Å². The highest BCUT2D eigenvalue weighted by Crippen LogP contribution is 2.21. The van der Waals surface area contributed by atoms with E-state index in [1.54, 1.807) is 18.4 Å². The molecule has 104 valence electrons. The van der Waals surface area contributed by atoms with Gasteiger partial charge in [-0.15, -0.1) is 35.3 Å². The van der Waals surface area contributed by atoms with Crippen LogP contribution in [0.1, 0.15) is 18.7 Å². The van der Waals surface area contributed by atoms with Crippen molar-refractivity contribution in [3.05, 3.63) is 20.8 Å². The number of guanidine groups is 1. The van der Waals surface area contributed by atoms with Crippen LogP contribution in [0.15, 0.2) is 20.9 Å². The van der Waals surface area contributed by atoms with Crippen LogP contribution >= 0.6 is 51.2 Å². The molecule has 0 bridgehead atoms. The third-order valence-corrected chi connectivity index (χ3v) is 3.88. The summed E-state index contributed by atoms with van der Waals surface area (Å²) >= 11 is 5.25. The number of nitrogens with zero attached hydrogens (tertiary/aromatic N) is 1. The smallest absolute Gasteiger partial charge is 0.190 e. The van der Waals surface area contributed by atoms with E-state index in [0.717, 1.165) is 25.5 Å². The number of hydrogen-bond donors (Lipinski definition) is 2. The van der Waals surface area contributed by atoms with Crippen LogP contribution in [-0.2, 0) is 6.42 Å². The minimum Gasteiger partial charge on any atom is -0.356 e. The molecule has 0 atom stereocenters. The van der Waals surface area contributed by atoms with Crippen LogP contribution < -0.4 is 10.6 Å². The third-order valence-electron chi connectivity index (χ3n) is 2.19. The molecular formula is C12H21BrIN3S. The standard InChI is InChI=1S/C12H20BrN3S.HI/c1-9(2)8-16-12(14-3)15-7-6-10-4-5-11(13)17-10;/h4-5,9H,6-8H2,1-3H3,(H2,14,15,16);1H. The quantitative estimate of drug-likeness (QED) is 0.413. The Labute approximate surface area is 139 Å². The van der Waals surface area contributed by atoms with E-state index in [2.05, 4.69) is 57.5 Å². The van der Waals surface area contributed by atoms with Crippen molar-refractivity contribution < 1.29 is 0 Å². The molecule has 18 heavy (non-hydrogen) atoms. The lowest BCUT2D eigenvalue weighted by Crippen LogP contribution is -2.39. The largest absolute Gasteiger partial charge is 0.356 e. The molecule has 0 aliphatic heterocycles. The van der Waals surface area contributed by atoms with Gasteiger partial charge in [0.2, 0.25) is 0 Å². The first-order valence-corrected chi connectivity index (χ1v) is 7.41. The molecule has 0 aliphatic rings. The average Bonchev–Trinajstić information content (AvgIpc) is 2.69. The Hall–Kier alpha value is 0.180. The first kappa shape index (κ1) is 18.2. The van der Waals surface area contributed by atoms with Gasteiger partial charge in [-0.3, -0.25) is 4.99 Å². The molecule has 0 radical (unpaired) electrons. The third kappa shape index (κ3) is 7.58. The second kappa shape index (κ2) is 10.0. The first-order valence-electron chi connectivity index (χ1n) is 5.80. The molecule has 0 saturated carbocycles. The first-order chi connectivity index (χ1) is 8.11. The van der Waals surface area contributed by atoms with Crippen LogP contribution in [0, 0.1) is 5.92 Å². The van der Waals surface area contributed by atoms with Gasteiger partial charge in [-0.25, -0.2) is 0 Å². The van der Waals surface area contributed by atoms with E-state index < -0.39 is 0 Å². The van der Waals surface area contributed by atoms with Gasteiger partial charge in [0.1, 0.15) is 0 Å². The summed E-state index contributed by atoms with van der Waals surface area (Å²) in [5.41, 5.74) is 0. The lowest BCUT2D eigenvalue weighted by atomic mass is 10.2. The monoisotopic (exact) mass is 445 g/mol. The second-order valence-corrected chi connectivity index (χ2v) is 6.78. The van der Waals surface area contributed by atoms with E-state index in [0.29, 0.717) is 5.92 Å². The maximum atomic E-state index is 4.18. The molecule has 0 amide bonds. The van der Waals surface area contributed by atoms with Gasteiger partial charge >= 0.3 is 0 Å². The summed E-state index contributed by atoms with van der Waals surface area (Å²) in [4.78, 5) is 5.56. The molecule has 1 heterocycles. The minimum atomic E-state index is 0. The van der Waals surface area contributed by atoms with E-state index >= 15 is 0 Å². The highest BCUT2D eigenvalue weighted by atomic mass is 127. The number of rotatable bonds is 5. The average molecular weight is 446 g/mol. The molecule has 1 aromatic rings. The van der Waals surface area contributed by atoms with Crippen LogP contribution in [0.5, 0.6) is 0 Å². The van der Waals surface area contributed by atoms with Gasteiger partial charge in [0.25, 0.3) is 0 Å². The molecule has 2 N–H and O–H groups in total. The zero-order chi connectivity index (χ0) is 12.7. The van der Waals surface area contributed by atoms with Crippen LogP contribution in [-0.4, -0.2) is 26.1 Å². The Bertz CT molecular complexity index is 366. The zero-order valence-electron chi connectivity index (χ0n) is 11.0. The van der Waals surface area contributed by atoms with Gasteiger partial charge in [0.15, 0.2) is 5.96 Å². The maximum absolute atomic E-state index is 4.18. The van der Waals surface area contributed by atoms with E-state index in [9.17, 15) is 0 Å². The van der Waals surface area contributed by atoms with Crippen molar-refractivity contribution in [1.29, 1.82) is 0 Å². The molecular weight excluding hydrogens is 425 g/mol. The summed E-state index contributed by atoms with van der Waals surface area (Å²) in [7, 11) is 1.80. The van der Waals surface area contributed by atoms with Gasteiger partial charge in [0.05, 0.1) is 3.79 Å². The van der Waals surface area contributed by atoms with Gasteiger partial charge < -0.3 is 10.6 Å². The zero-order valence-corrected chi connectivity index (χ0v) is 15.7. The Balaban J connectivity index is 0.00000289. The van der Waals surface area contributed by atoms with Gasteiger partial charge in [-0.05, 0) is 40.4 Å². The SMILES string of the molecule is CN=C(NCCc1ccc(Br)s1)NCC(C)C.I. The highest BCUT2D eigenvalue weighted by Gasteiger charge is 2.00. The Kier molecular flexibility index (Phi) is 10.1. The Morgan fingerprint density at radius 1 is 1.39 bits per heavy atom. The summed E-state index contributed by atoms with van der Waals surface area (Å²) in [6.45, 7) is 6.22. The molecule has 3 nitrogen and oxygen atoms in total. The predicted molar refractivity (Wildman–Crippen MR) is 95.3 cm³/mol. The van der Waals surface area contributed by atoms with Crippen LogP contribution in [0.4, 0.5) is 0 Å². The lowest BCUT2D eigenvalue weighted by Gasteiger charge is -2.12. The molecule has 1 aromatic heterocycles. The second-order valence-electron chi connectivity index (χ2n) is 4.23. The fourth-order valence-electron chi connectivity index (χ4n) is 1.31. The molecule has 0 aromatic carbocycles. The Morgan fingerprint density at radius 3 is 2.61 bits per heavy atom. The number of halogens is 2. The van der Waals surface area contributed by atoms with Crippen molar-refractivity contribution in [3.8, 4) is 0 Å². The summed E-state index contributed by atoms with van der Waals surface area (Å²) in [5.74, 6) is 1.51. The normalized spacial score (nSPS) is 11.3. The molecule has 0 aliphatic carbocycles.